The van der Waals surface area contributed by atoms with Gasteiger partial charge in [-0.1, -0.05) is 0 Å². The highest BCUT2D eigenvalue weighted by atomic mass is 19.4. The molecule has 1 amide bonds. The minimum atomic E-state index is -4.42. The van der Waals surface area contributed by atoms with Crippen LogP contribution in [0.3, 0.4) is 0 Å². The van der Waals surface area contributed by atoms with Gasteiger partial charge in [0.1, 0.15) is 24.3 Å². The first-order chi connectivity index (χ1) is 14.7. The summed E-state index contributed by atoms with van der Waals surface area (Å²) in [5.41, 5.74) is 1.40. The standard InChI is InChI=1S/C21H21F3N6O/c1-14-15(2)30(13-27-14)19-11-18(25-12-26-19)28-7-9-29(10-8-28)20(31)16-3-5-17(6-4-16)21(22,23)24/h3-6,11-13H,7-10H2,1-2H3. The summed E-state index contributed by atoms with van der Waals surface area (Å²) in [5.74, 6) is 1.19. The van der Waals surface area contributed by atoms with Crippen molar-refractivity contribution in [2.45, 2.75) is 20.0 Å². The predicted octanol–water partition coefficient (Wildman–Crippen LogP) is 3.26. The van der Waals surface area contributed by atoms with E-state index in [2.05, 4.69) is 19.9 Å². The third-order valence-electron chi connectivity index (χ3n) is 5.49. The Balaban J connectivity index is 1.42. The van der Waals surface area contributed by atoms with Crippen LogP contribution in [0.15, 0.2) is 43.0 Å². The van der Waals surface area contributed by atoms with Crippen LogP contribution in [0.5, 0.6) is 0 Å². The van der Waals surface area contributed by atoms with Gasteiger partial charge >= 0.3 is 6.18 Å². The van der Waals surface area contributed by atoms with Crippen LogP contribution in [0.1, 0.15) is 27.3 Å². The van der Waals surface area contributed by atoms with Gasteiger partial charge in [-0.2, -0.15) is 13.2 Å². The van der Waals surface area contributed by atoms with Gasteiger partial charge in [-0.05, 0) is 38.1 Å². The van der Waals surface area contributed by atoms with Crippen LogP contribution in [-0.2, 0) is 6.18 Å². The van der Waals surface area contributed by atoms with Gasteiger partial charge in [-0.15, -0.1) is 0 Å². The monoisotopic (exact) mass is 430 g/mol. The lowest BCUT2D eigenvalue weighted by molar-refractivity contribution is -0.137. The van der Waals surface area contributed by atoms with Gasteiger partial charge in [0.15, 0.2) is 0 Å². The van der Waals surface area contributed by atoms with Gasteiger partial charge in [-0.3, -0.25) is 9.36 Å². The van der Waals surface area contributed by atoms with Crippen molar-refractivity contribution in [2.24, 2.45) is 0 Å². The summed E-state index contributed by atoms with van der Waals surface area (Å²) in [4.78, 5) is 29.4. The number of hydrogen-bond acceptors (Lipinski definition) is 5. The maximum atomic E-state index is 12.7. The normalized spacial score (nSPS) is 14.7. The lowest BCUT2D eigenvalue weighted by Crippen LogP contribution is -2.49. The third-order valence-corrected chi connectivity index (χ3v) is 5.49. The summed E-state index contributed by atoms with van der Waals surface area (Å²) in [5, 5.41) is 0. The molecule has 3 aromatic rings. The number of piperazine rings is 1. The molecule has 1 saturated heterocycles. The quantitative estimate of drug-likeness (QED) is 0.638. The van der Waals surface area contributed by atoms with Crippen molar-refractivity contribution in [3.8, 4) is 5.82 Å². The fourth-order valence-electron chi connectivity index (χ4n) is 3.49. The number of amides is 1. The van der Waals surface area contributed by atoms with Crippen LogP contribution in [-0.4, -0.2) is 56.5 Å². The van der Waals surface area contributed by atoms with E-state index >= 15 is 0 Å². The number of nitrogens with zero attached hydrogens (tertiary/aromatic N) is 6. The Morgan fingerprint density at radius 3 is 2.16 bits per heavy atom. The number of alkyl halides is 3. The Morgan fingerprint density at radius 2 is 1.58 bits per heavy atom. The molecule has 0 aliphatic carbocycles. The molecule has 10 heteroatoms. The van der Waals surface area contributed by atoms with Crippen molar-refractivity contribution in [2.75, 3.05) is 31.1 Å². The number of imidazole rings is 1. The zero-order valence-corrected chi connectivity index (χ0v) is 17.1. The van der Waals surface area contributed by atoms with E-state index in [1.54, 1.807) is 11.2 Å². The van der Waals surface area contributed by atoms with E-state index in [1.165, 1.54) is 18.5 Å². The van der Waals surface area contributed by atoms with Crippen molar-refractivity contribution in [3.63, 3.8) is 0 Å². The number of halogens is 3. The number of hydrogen-bond donors (Lipinski definition) is 0. The van der Waals surface area contributed by atoms with E-state index < -0.39 is 11.7 Å². The molecule has 7 nitrogen and oxygen atoms in total. The average Bonchev–Trinajstić information content (AvgIpc) is 3.11. The van der Waals surface area contributed by atoms with Crippen molar-refractivity contribution in [1.82, 2.24) is 24.4 Å². The van der Waals surface area contributed by atoms with Crippen LogP contribution >= 0.6 is 0 Å². The molecular weight excluding hydrogens is 409 g/mol. The zero-order valence-electron chi connectivity index (χ0n) is 17.1. The van der Waals surface area contributed by atoms with Gasteiger partial charge in [-0.25, -0.2) is 15.0 Å². The highest BCUT2D eigenvalue weighted by Gasteiger charge is 2.31. The fourth-order valence-corrected chi connectivity index (χ4v) is 3.49. The van der Waals surface area contributed by atoms with Crippen molar-refractivity contribution in [1.29, 1.82) is 0 Å². The molecule has 1 aromatic carbocycles. The van der Waals surface area contributed by atoms with E-state index in [9.17, 15) is 18.0 Å². The number of carbonyl (C=O) groups excluding carboxylic acids is 1. The Hall–Kier alpha value is -3.43. The second-order valence-electron chi connectivity index (χ2n) is 7.37. The largest absolute Gasteiger partial charge is 0.416 e. The number of rotatable bonds is 3. The lowest BCUT2D eigenvalue weighted by atomic mass is 10.1. The topological polar surface area (TPSA) is 67.2 Å². The molecular formula is C21H21F3N6O. The maximum absolute atomic E-state index is 12.7. The second kappa shape index (κ2) is 8.01. The molecule has 31 heavy (non-hydrogen) atoms. The molecule has 0 unspecified atom stereocenters. The van der Waals surface area contributed by atoms with Crippen LogP contribution < -0.4 is 4.90 Å². The fraction of sp³-hybridized carbons (Fsp3) is 0.333. The number of anilines is 1. The Bertz CT molecular complexity index is 1090. The molecule has 0 spiro atoms. The van der Waals surface area contributed by atoms with Gasteiger partial charge < -0.3 is 9.80 Å². The minimum absolute atomic E-state index is 0.247. The zero-order chi connectivity index (χ0) is 22.2. The molecule has 1 aliphatic rings. The molecule has 1 fully saturated rings. The molecule has 0 saturated carbocycles. The molecule has 1 aliphatic heterocycles. The van der Waals surface area contributed by atoms with Gasteiger partial charge in [0.05, 0.1) is 11.3 Å². The van der Waals surface area contributed by atoms with E-state index in [0.29, 0.717) is 32.0 Å². The Morgan fingerprint density at radius 1 is 0.935 bits per heavy atom. The number of aromatic nitrogens is 4. The first kappa shape index (κ1) is 20.8. The lowest BCUT2D eigenvalue weighted by Gasteiger charge is -2.35. The molecule has 0 N–H and O–H groups in total. The smallest absolute Gasteiger partial charge is 0.353 e. The Labute approximate surface area is 177 Å². The SMILES string of the molecule is Cc1ncn(-c2cc(N3CCN(C(=O)c4ccc(C(F)(F)F)cc4)CC3)ncn2)c1C. The van der Waals surface area contributed by atoms with Crippen LogP contribution in [0.4, 0.5) is 19.0 Å². The van der Waals surface area contributed by atoms with E-state index in [4.69, 9.17) is 0 Å². The first-order valence-electron chi connectivity index (χ1n) is 9.78. The van der Waals surface area contributed by atoms with Crippen LogP contribution in [0.25, 0.3) is 5.82 Å². The number of aryl methyl sites for hydroxylation is 1. The van der Waals surface area contributed by atoms with Crippen molar-refractivity contribution < 1.29 is 18.0 Å². The highest BCUT2D eigenvalue weighted by Crippen LogP contribution is 2.29. The van der Waals surface area contributed by atoms with E-state index in [1.807, 2.05) is 24.5 Å². The third kappa shape index (κ3) is 4.23. The van der Waals surface area contributed by atoms with Gasteiger partial charge in [0, 0.05) is 43.5 Å². The van der Waals surface area contributed by atoms with Gasteiger partial charge in [0.2, 0.25) is 0 Å². The summed E-state index contributed by atoms with van der Waals surface area (Å²) >= 11 is 0. The first-order valence-corrected chi connectivity index (χ1v) is 9.78. The molecule has 0 radical (unpaired) electrons. The highest BCUT2D eigenvalue weighted by molar-refractivity contribution is 5.94. The molecule has 0 atom stereocenters. The second-order valence-corrected chi connectivity index (χ2v) is 7.37. The summed E-state index contributed by atoms with van der Waals surface area (Å²) in [6.45, 7) is 5.91. The van der Waals surface area contributed by atoms with Gasteiger partial charge in [0.25, 0.3) is 5.91 Å². The summed E-state index contributed by atoms with van der Waals surface area (Å²) in [6.07, 6.45) is -1.20. The number of carbonyl (C=O) groups is 1. The Kier molecular flexibility index (Phi) is 5.38. The molecule has 162 valence electrons. The summed E-state index contributed by atoms with van der Waals surface area (Å²) in [7, 11) is 0. The number of benzene rings is 1. The molecule has 3 heterocycles. The molecule has 2 aromatic heterocycles. The summed E-state index contributed by atoms with van der Waals surface area (Å²) in [6, 6.07) is 6.20. The van der Waals surface area contributed by atoms with E-state index in [0.717, 1.165) is 29.3 Å². The van der Waals surface area contributed by atoms with E-state index in [-0.39, 0.29) is 11.5 Å². The maximum Gasteiger partial charge on any atom is 0.416 e. The molecule has 0 bridgehead atoms. The summed E-state index contributed by atoms with van der Waals surface area (Å²) < 4.78 is 40.1. The predicted molar refractivity (Wildman–Crippen MR) is 108 cm³/mol. The van der Waals surface area contributed by atoms with Crippen molar-refractivity contribution >= 4 is 11.7 Å². The average molecular weight is 430 g/mol. The minimum Gasteiger partial charge on any atom is -0.353 e. The van der Waals surface area contributed by atoms with Crippen molar-refractivity contribution in [3.05, 3.63) is 65.5 Å². The van der Waals surface area contributed by atoms with Crippen LogP contribution in [0, 0.1) is 13.8 Å². The molecule has 4 rings (SSSR count). The van der Waals surface area contributed by atoms with Crippen LogP contribution in [0.2, 0.25) is 0 Å².